The summed E-state index contributed by atoms with van der Waals surface area (Å²) in [5.41, 5.74) is 0. The van der Waals surface area contributed by atoms with E-state index in [1.54, 1.807) is 0 Å². The number of ether oxygens (including phenoxy) is 2. The maximum Gasteiger partial charge on any atom is 0.163 e. The topological polar surface area (TPSA) is 38.7 Å². The van der Waals surface area contributed by atoms with E-state index in [1.807, 2.05) is 13.8 Å². The van der Waals surface area contributed by atoms with Gasteiger partial charge >= 0.3 is 0 Å². The summed E-state index contributed by atoms with van der Waals surface area (Å²) in [6.07, 6.45) is 8.54. The second kappa shape index (κ2) is 7.25. The molecule has 1 fully saturated rings. The van der Waals surface area contributed by atoms with Crippen LogP contribution in [0.1, 0.15) is 58.8 Å². The largest absolute Gasteiger partial charge is 0.396 e. The SMILES string of the molecule is CC1(C)OCC(CCCCCCCCO)O1. The van der Waals surface area contributed by atoms with E-state index in [2.05, 4.69) is 0 Å². The van der Waals surface area contributed by atoms with Gasteiger partial charge in [0.05, 0.1) is 12.7 Å². The number of aliphatic hydroxyl groups is 1. The molecule has 0 radical (unpaired) electrons. The predicted octanol–water partition coefficient (Wildman–Crippen LogP) is 2.86. The van der Waals surface area contributed by atoms with E-state index in [0.717, 1.165) is 25.9 Å². The Hall–Kier alpha value is -0.120. The minimum atomic E-state index is -0.369. The van der Waals surface area contributed by atoms with Crippen LogP contribution in [0, 0.1) is 0 Å². The Morgan fingerprint density at radius 2 is 1.69 bits per heavy atom. The molecule has 96 valence electrons. The molecular weight excluding hydrogens is 204 g/mol. The molecule has 1 atom stereocenters. The van der Waals surface area contributed by atoms with E-state index in [-0.39, 0.29) is 5.79 Å². The number of unbranched alkanes of at least 4 members (excludes halogenated alkanes) is 5. The third-order valence-electron chi connectivity index (χ3n) is 3.00. The molecule has 0 amide bonds. The Balaban J connectivity index is 1.88. The zero-order chi connectivity index (χ0) is 11.9. The Morgan fingerprint density at radius 1 is 1.06 bits per heavy atom. The standard InChI is InChI=1S/C13H26O3/c1-13(2)15-11-12(16-13)9-7-5-3-4-6-8-10-14/h12,14H,3-11H2,1-2H3. The number of aliphatic hydroxyl groups excluding tert-OH is 1. The van der Waals surface area contributed by atoms with Crippen LogP contribution in [0.2, 0.25) is 0 Å². The van der Waals surface area contributed by atoms with Crippen molar-refractivity contribution in [2.75, 3.05) is 13.2 Å². The van der Waals surface area contributed by atoms with Gasteiger partial charge in [0.2, 0.25) is 0 Å². The zero-order valence-electron chi connectivity index (χ0n) is 10.7. The Morgan fingerprint density at radius 3 is 2.25 bits per heavy atom. The fraction of sp³-hybridized carbons (Fsp3) is 1.00. The third-order valence-corrected chi connectivity index (χ3v) is 3.00. The van der Waals surface area contributed by atoms with Gasteiger partial charge in [0.1, 0.15) is 0 Å². The van der Waals surface area contributed by atoms with Gasteiger partial charge in [-0.1, -0.05) is 32.1 Å². The second-order valence-electron chi connectivity index (χ2n) is 5.08. The molecule has 1 aliphatic heterocycles. The van der Waals surface area contributed by atoms with Crippen LogP contribution in [-0.2, 0) is 9.47 Å². The molecule has 1 N–H and O–H groups in total. The van der Waals surface area contributed by atoms with Crippen LogP contribution < -0.4 is 0 Å². The Kier molecular flexibility index (Phi) is 6.32. The van der Waals surface area contributed by atoms with E-state index in [4.69, 9.17) is 14.6 Å². The van der Waals surface area contributed by atoms with Crippen molar-refractivity contribution >= 4 is 0 Å². The van der Waals surface area contributed by atoms with Crippen molar-refractivity contribution in [3.63, 3.8) is 0 Å². The minimum absolute atomic E-state index is 0.299. The fourth-order valence-corrected chi connectivity index (χ4v) is 2.10. The lowest BCUT2D eigenvalue weighted by Crippen LogP contribution is -2.21. The van der Waals surface area contributed by atoms with Gasteiger partial charge in [-0.15, -0.1) is 0 Å². The number of rotatable bonds is 8. The second-order valence-corrected chi connectivity index (χ2v) is 5.08. The fourth-order valence-electron chi connectivity index (χ4n) is 2.10. The summed E-state index contributed by atoms with van der Waals surface area (Å²) in [7, 11) is 0. The Bertz CT molecular complexity index is 180. The lowest BCUT2D eigenvalue weighted by atomic mass is 10.1. The average Bonchev–Trinajstić information content (AvgIpc) is 2.57. The molecule has 0 aromatic rings. The van der Waals surface area contributed by atoms with Crippen molar-refractivity contribution < 1.29 is 14.6 Å². The molecule has 1 heterocycles. The summed E-state index contributed by atoms with van der Waals surface area (Å²) in [4.78, 5) is 0. The van der Waals surface area contributed by atoms with Crippen LogP contribution in [-0.4, -0.2) is 30.2 Å². The van der Waals surface area contributed by atoms with Gasteiger partial charge in [0.15, 0.2) is 5.79 Å². The van der Waals surface area contributed by atoms with Gasteiger partial charge in [0.25, 0.3) is 0 Å². The molecular formula is C13H26O3. The van der Waals surface area contributed by atoms with E-state index >= 15 is 0 Å². The molecule has 0 bridgehead atoms. The van der Waals surface area contributed by atoms with Gasteiger partial charge in [-0.2, -0.15) is 0 Å². The van der Waals surface area contributed by atoms with Gasteiger partial charge in [0, 0.05) is 6.61 Å². The molecule has 0 aliphatic carbocycles. The summed E-state index contributed by atoms with van der Waals surface area (Å²) in [6.45, 7) is 5.03. The van der Waals surface area contributed by atoms with Crippen molar-refractivity contribution in [2.24, 2.45) is 0 Å². The lowest BCUT2D eigenvalue weighted by molar-refractivity contribution is -0.139. The van der Waals surface area contributed by atoms with E-state index in [0.29, 0.717) is 12.7 Å². The van der Waals surface area contributed by atoms with Gasteiger partial charge < -0.3 is 14.6 Å². The van der Waals surface area contributed by atoms with Crippen molar-refractivity contribution in [1.82, 2.24) is 0 Å². The minimum Gasteiger partial charge on any atom is -0.396 e. The van der Waals surface area contributed by atoms with Crippen molar-refractivity contribution in [2.45, 2.75) is 70.7 Å². The summed E-state index contributed by atoms with van der Waals surface area (Å²) < 4.78 is 11.3. The molecule has 0 aromatic carbocycles. The maximum absolute atomic E-state index is 8.63. The first-order chi connectivity index (χ1) is 7.64. The molecule has 0 aromatic heterocycles. The molecule has 16 heavy (non-hydrogen) atoms. The van der Waals surface area contributed by atoms with Crippen LogP contribution in [0.4, 0.5) is 0 Å². The maximum atomic E-state index is 8.63. The normalized spacial score (nSPS) is 23.8. The summed E-state index contributed by atoms with van der Waals surface area (Å²) in [6, 6.07) is 0. The molecule has 1 saturated heterocycles. The van der Waals surface area contributed by atoms with Crippen LogP contribution in [0.5, 0.6) is 0 Å². The summed E-state index contributed by atoms with van der Waals surface area (Å²) in [5, 5.41) is 8.63. The lowest BCUT2D eigenvalue weighted by Gasteiger charge is -2.16. The highest BCUT2D eigenvalue weighted by molar-refractivity contribution is 4.70. The monoisotopic (exact) mass is 230 g/mol. The van der Waals surface area contributed by atoms with E-state index in [1.165, 1.54) is 25.7 Å². The van der Waals surface area contributed by atoms with Gasteiger partial charge in [-0.3, -0.25) is 0 Å². The van der Waals surface area contributed by atoms with E-state index < -0.39 is 0 Å². The zero-order valence-corrected chi connectivity index (χ0v) is 10.7. The molecule has 3 heteroatoms. The highest BCUT2D eigenvalue weighted by Gasteiger charge is 2.31. The number of hydrogen-bond acceptors (Lipinski definition) is 3. The van der Waals surface area contributed by atoms with Crippen LogP contribution >= 0.6 is 0 Å². The molecule has 1 unspecified atom stereocenters. The van der Waals surface area contributed by atoms with E-state index in [9.17, 15) is 0 Å². The third kappa shape index (κ3) is 5.83. The van der Waals surface area contributed by atoms with Crippen molar-refractivity contribution in [3.8, 4) is 0 Å². The summed E-state index contributed by atoms with van der Waals surface area (Å²) in [5.74, 6) is -0.369. The highest BCUT2D eigenvalue weighted by Crippen LogP contribution is 2.25. The first kappa shape index (κ1) is 13.9. The van der Waals surface area contributed by atoms with Crippen LogP contribution in [0.15, 0.2) is 0 Å². The van der Waals surface area contributed by atoms with Gasteiger partial charge in [-0.05, 0) is 26.7 Å². The molecule has 3 nitrogen and oxygen atoms in total. The van der Waals surface area contributed by atoms with Crippen molar-refractivity contribution in [1.29, 1.82) is 0 Å². The smallest absolute Gasteiger partial charge is 0.163 e. The molecule has 1 aliphatic rings. The number of hydrogen-bond donors (Lipinski definition) is 1. The van der Waals surface area contributed by atoms with Crippen LogP contribution in [0.25, 0.3) is 0 Å². The molecule has 0 saturated carbocycles. The first-order valence-electron chi connectivity index (χ1n) is 6.57. The van der Waals surface area contributed by atoms with Crippen molar-refractivity contribution in [3.05, 3.63) is 0 Å². The first-order valence-corrected chi connectivity index (χ1v) is 6.57. The van der Waals surface area contributed by atoms with Gasteiger partial charge in [-0.25, -0.2) is 0 Å². The molecule has 0 spiro atoms. The predicted molar refractivity (Wildman–Crippen MR) is 64.3 cm³/mol. The van der Waals surface area contributed by atoms with Crippen LogP contribution in [0.3, 0.4) is 0 Å². The highest BCUT2D eigenvalue weighted by atomic mass is 16.7. The molecule has 1 rings (SSSR count). The average molecular weight is 230 g/mol. The summed E-state index contributed by atoms with van der Waals surface area (Å²) >= 11 is 0. The quantitative estimate of drug-likeness (QED) is 0.652. The Labute approximate surface area is 99.1 Å².